The van der Waals surface area contributed by atoms with Gasteiger partial charge in [0.05, 0.1) is 37.2 Å². The van der Waals surface area contributed by atoms with Crippen molar-refractivity contribution in [3.63, 3.8) is 0 Å². The second-order valence-electron chi connectivity index (χ2n) is 8.99. The Morgan fingerprint density at radius 2 is 1.85 bits per heavy atom. The fraction of sp³-hybridized carbons (Fsp3) is 0.407. The van der Waals surface area contributed by atoms with Crippen molar-refractivity contribution in [2.24, 2.45) is 11.8 Å². The van der Waals surface area contributed by atoms with Crippen molar-refractivity contribution < 1.29 is 23.8 Å². The molecule has 2 N–H and O–H groups in total. The van der Waals surface area contributed by atoms with Crippen LogP contribution >= 0.6 is 0 Å². The molecule has 1 aliphatic carbocycles. The normalized spacial score (nSPS) is 21.6. The van der Waals surface area contributed by atoms with Crippen LogP contribution in [0.25, 0.3) is 0 Å². The molecule has 0 unspecified atom stereocenters. The SMILES string of the molecule is CCOc1cc([C@H]2Nc3ccccc3NC3=C2C(=O)[C@@H](C(=O)OC)[C@@H](C)C3)ccc1OC(C)C. The van der Waals surface area contributed by atoms with Gasteiger partial charge in [-0.25, -0.2) is 0 Å². The molecule has 2 aromatic rings. The van der Waals surface area contributed by atoms with Crippen molar-refractivity contribution in [1.82, 2.24) is 0 Å². The van der Waals surface area contributed by atoms with E-state index in [4.69, 9.17) is 14.2 Å². The number of esters is 1. The second-order valence-corrected chi connectivity index (χ2v) is 8.99. The van der Waals surface area contributed by atoms with Crippen LogP contribution in [0, 0.1) is 11.8 Å². The lowest BCUT2D eigenvalue weighted by molar-refractivity contribution is -0.151. The smallest absolute Gasteiger partial charge is 0.316 e. The van der Waals surface area contributed by atoms with Crippen molar-refractivity contribution in [1.29, 1.82) is 0 Å². The third-order valence-electron chi connectivity index (χ3n) is 6.19. The summed E-state index contributed by atoms with van der Waals surface area (Å²) in [5.74, 6) is -0.481. The maximum atomic E-state index is 13.8. The zero-order valence-electron chi connectivity index (χ0n) is 20.3. The third-order valence-corrected chi connectivity index (χ3v) is 6.19. The Morgan fingerprint density at radius 1 is 1.12 bits per heavy atom. The van der Waals surface area contributed by atoms with Gasteiger partial charge in [-0.3, -0.25) is 9.59 Å². The van der Waals surface area contributed by atoms with Crippen molar-refractivity contribution >= 4 is 23.1 Å². The van der Waals surface area contributed by atoms with Crippen molar-refractivity contribution in [3.8, 4) is 11.5 Å². The first-order valence-corrected chi connectivity index (χ1v) is 11.7. The number of ketones is 1. The molecular formula is C27H32N2O5. The molecule has 0 saturated heterocycles. The van der Waals surface area contributed by atoms with E-state index in [1.54, 1.807) is 0 Å². The van der Waals surface area contributed by atoms with Gasteiger partial charge in [0.15, 0.2) is 17.3 Å². The molecule has 4 rings (SSSR count). The largest absolute Gasteiger partial charge is 0.490 e. The minimum atomic E-state index is -0.842. The highest BCUT2D eigenvalue weighted by atomic mass is 16.5. The number of hydrogen-bond acceptors (Lipinski definition) is 7. The van der Waals surface area contributed by atoms with Gasteiger partial charge in [-0.05, 0) is 62.9 Å². The van der Waals surface area contributed by atoms with Crippen LogP contribution in [-0.4, -0.2) is 31.6 Å². The Kier molecular flexibility index (Phi) is 6.82. The van der Waals surface area contributed by atoms with Gasteiger partial charge in [0.2, 0.25) is 0 Å². The standard InChI is InChI=1S/C27H32N2O5/c1-6-33-22-14-17(11-12-21(22)34-15(2)3)25-24-20(28-18-9-7-8-10-19(18)29-25)13-16(4)23(26(24)30)27(31)32-5/h7-12,14-16,23,25,28-29H,6,13H2,1-5H3/t16-,23-,25+/m0/s1. The van der Waals surface area contributed by atoms with E-state index in [0.29, 0.717) is 30.1 Å². The molecule has 3 atom stereocenters. The van der Waals surface area contributed by atoms with Crippen LogP contribution in [0.4, 0.5) is 11.4 Å². The number of anilines is 2. The zero-order chi connectivity index (χ0) is 24.4. The number of Topliss-reactive ketones (excluding diaryl/α,β-unsaturated/α-hetero) is 1. The van der Waals surface area contributed by atoms with Crippen LogP contribution in [0.15, 0.2) is 53.7 Å². The van der Waals surface area contributed by atoms with E-state index in [9.17, 15) is 9.59 Å². The molecular weight excluding hydrogens is 432 g/mol. The van der Waals surface area contributed by atoms with Crippen molar-refractivity contribution in [3.05, 3.63) is 59.3 Å². The van der Waals surface area contributed by atoms with Gasteiger partial charge in [-0.1, -0.05) is 25.1 Å². The molecule has 0 spiro atoms. The molecule has 2 aliphatic rings. The van der Waals surface area contributed by atoms with E-state index in [1.165, 1.54) is 7.11 Å². The first-order valence-electron chi connectivity index (χ1n) is 11.7. The van der Waals surface area contributed by atoms with E-state index < -0.39 is 17.9 Å². The highest BCUT2D eigenvalue weighted by Gasteiger charge is 2.44. The Morgan fingerprint density at radius 3 is 2.53 bits per heavy atom. The molecule has 0 aromatic heterocycles. The molecule has 0 amide bonds. The molecule has 1 aliphatic heterocycles. The van der Waals surface area contributed by atoms with Crippen LogP contribution < -0.4 is 20.1 Å². The number of para-hydroxylation sites is 2. The number of nitrogens with one attached hydrogen (secondary N) is 2. The van der Waals surface area contributed by atoms with E-state index in [0.717, 1.165) is 22.6 Å². The summed E-state index contributed by atoms with van der Waals surface area (Å²) < 4.78 is 16.8. The van der Waals surface area contributed by atoms with E-state index in [-0.39, 0.29) is 17.8 Å². The number of rotatable bonds is 6. The van der Waals surface area contributed by atoms with Crippen molar-refractivity contribution in [2.45, 2.75) is 46.3 Å². The molecule has 1 heterocycles. The summed E-state index contributed by atoms with van der Waals surface area (Å²) in [6.07, 6.45) is 0.550. The Balaban J connectivity index is 1.85. The van der Waals surface area contributed by atoms with Crippen molar-refractivity contribution in [2.75, 3.05) is 24.4 Å². The minimum absolute atomic E-state index is 0.00586. The molecule has 7 nitrogen and oxygen atoms in total. The summed E-state index contributed by atoms with van der Waals surface area (Å²) >= 11 is 0. The molecule has 34 heavy (non-hydrogen) atoms. The first-order chi connectivity index (χ1) is 16.3. The predicted octanol–water partition coefficient (Wildman–Crippen LogP) is 5.10. The monoisotopic (exact) mass is 464 g/mol. The average molecular weight is 465 g/mol. The van der Waals surface area contributed by atoms with E-state index in [2.05, 4.69) is 10.6 Å². The molecule has 180 valence electrons. The van der Waals surface area contributed by atoms with Gasteiger partial charge in [0, 0.05) is 11.3 Å². The summed E-state index contributed by atoms with van der Waals surface area (Å²) in [5, 5.41) is 7.00. The number of benzene rings is 2. The Hall–Kier alpha value is -3.48. The number of ether oxygens (including phenoxy) is 3. The summed E-state index contributed by atoms with van der Waals surface area (Å²) in [6.45, 7) is 8.24. The summed E-state index contributed by atoms with van der Waals surface area (Å²) in [6, 6.07) is 13.1. The van der Waals surface area contributed by atoms with Crippen LogP contribution in [0.1, 0.15) is 45.7 Å². The van der Waals surface area contributed by atoms with Gasteiger partial charge in [-0.15, -0.1) is 0 Å². The number of fused-ring (bicyclic) bond motifs is 1. The maximum absolute atomic E-state index is 13.8. The van der Waals surface area contributed by atoms with E-state index >= 15 is 0 Å². The lowest BCUT2D eigenvalue weighted by Crippen LogP contribution is -2.39. The number of methoxy groups -OCH3 is 1. The number of hydrogen-bond donors (Lipinski definition) is 2. The van der Waals surface area contributed by atoms with Gasteiger partial charge in [0.1, 0.15) is 5.92 Å². The first kappa shape index (κ1) is 23.7. The van der Waals surface area contributed by atoms with Gasteiger partial charge in [-0.2, -0.15) is 0 Å². The topological polar surface area (TPSA) is 85.9 Å². The molecule has 0 saturated carbocycles. The van der Waals surface area contributed by atoms with Gasteiger partial charge < -0.3 is 24.8 Å². The molecule has 7 heteroatoms. The lowest BCUT2D eigenvalue weighted by atomic mass is 9.75. The van der Waals surface area contributed by atoms with Crippen LogP contribution in [-0.2, 0) is 14.3 Å². The fourth-order valence-electron chi connectivity index (χ4n) is 4.71. The van der Waals surface area contributed by atoms with Crippen LogP contribution in [0.2, 0.25) is 0 Å². The highest BCUT2D eigenvalue weighted by molar-refractivity contribution is 6.11. The average Bonchev–Trinajstić information content (AvgIpc) is 2.96. The summed E-state index contributed by atoms with van der Waals surface area (Å²) in [4.78, 5) is 26.3. The molecule has 0 radical (unpaired) electrons. The summed E-state index contributed by atoms with van der Waals surface area (Å²) in [7, 11) is 1.32. The Bertz CT molecular complexity index is 1120. The fourth-order valence-corrected chi connectivity index (χ4v) is 4.71. The highest BCUT2D eigenvalue weighted by Crippen LogP contribution is 2.45. The number of carbonyl (C=O) groups excluding carboxylic acids is 2. The zero-order valence-corrected chi connectivity index (χ0v) is 20.3. The summed E-state index contributed by atoms with van der Waals surface area (Å²) in [5.41, 5.74) is 3.97. The predicted molar refractivity (Wildman–Crippen MR) is 131 cm³/mol. The third kappa shape index (κ3) is 4.47. The quantitative estimate of drug-likeness (QED) is 0.454. The van der Waals surface area contributed by atoms with Crippen LogP contribution in [0.5, 0.6) is 11.5 Å². The van der Waals surface area contributed by atoms with Crippen LogP contribution in [0.3, 0.4) is 0 Å². The minimum Gasteiger partial charge on any atom is -0.490 e. The molecule has 0 fully saturated rings. The molecule has 0 bridgehead atoms. The Labute approximate surface area is 200 Å². The molecule has 2 aromatic carbocycles. The lowest BCUT2D eigenvalue weighted by Gasteiger charge is -2.32. The number of carbonyl (C=O) groups is 2. The van der Waals surface area contributed by atoms with Gasteiger partial charge in [0.25, 0.3) is 0 Å². The number of allylic oxidation sites excluding steroid dienone is 1. The maximum Gasteiger partial charge on any atom is 0.316 e. The van der Waals surface area contributed by atoms with Gasteiger partial charge >= 0.3 is 5.97 Å². The van der Waals surface area contributed by atoms with E-state index in [1.807, 2.05) is 70.2 Å². The second kappa shape index (κ2) is 9.79.